The highest BCUT2D eigenvalue weighted by atomic mass is 32.2. The first-order valence-electron chi connectivity index (χ1n) is 12.8. The quantitative estimate of drug-likeness (QED) is 0.608. The number of ether oxygens (including phenoxy) is 1. The Bertz CT molecular complexity index is 1040. The van der Waals surface area contributed by atoms with Crippen LogP contribution in [-0.2, 0) is 4.79 Å². The Balaban J connectivity index is 1.19. The van der Waals surface area contributed by atoms with E-state index in [2.05, 4.69) is 15.8 Å². The lowest BCUT2D eigenvalue weighted by molar-refractivity contribution is -0.134. The second-order valence-electron chi connectivity index (χ2n) is 10.4. The molecule has 2 amide bonds. The monoisotopic (exact) mass is 496 g/mol. The third-order valence-corrected chi connectivity index (χ3v) is 9.19. The van der Waals surface area contributed by atoms with Crippen molar-refractivity contribution in [2.24, 2.45) is 23.7 Å². The van der Waals surface area contributed by atoms with E-state index in [1.807, 2.05) is 30.3 Å². The minimum atomic E-state index is -0.239. The van der Waals surface area contributed by atoms with Crippen LogP contribution < -0.4 is 15.4 Å². The Morgan fingerprint density at radius 1 is 1.06 bits per heavy atom. The lowest BCUT2D eigenvalue weighted by Crippen LogP contribution is -2.55. The van der Waals surface area contributed by atoms with Crippen molar-refractivity contribution in [3.05, 3.63) is 36.1 Å². The smallest absolute Gasteiger partial charge is 0.291 e. The van der Waals surface area contributed by atoms with Crippen molar-refractivity contribution in [1.82, 2.24) is 20.7 Å². The van der Waals surface area contributed by atoms with Gasteiger partial charge in [-0.1, -0.05) is 30.0 Å². The lowest BCUT2D eigenvalue weighted by atomic mass is 9.54. The molecule has 5 aliphatic rings. The summed E-state index contributed by atoms with van der Waals surface area (Å²) in [5.74, 6) is 2.84. The Kier molecular flexibility index (Phi) is 6.45. The van der Waals surface area contributed by atoms with Gasteiger partial charge >= 0.3 is 0 Å². The SMILES string of the molecule is O=C(NC1C2CC3CC(C2)CC1C3)c1onc(OCC(=O)N2CCNCC2)c1Sc1ccccc1. The standard InChI is InChI=1S/C26H32N4O4S/c31-21(30-8-6-27-7-9-30)15-33-26-24(35-20-4-2-1-3-5-20)23(34-29-26)25(32)28-22-18-11-16-10-17(13-18)14-19(22)12-16/h1-5,16-19,22,27H,6-15H2,(H,28,32). The largest absolute Gasteiger partial charge is 0.465 e. The van der Waals surface area contributed by atoms with Gasteiger partial charge < -0.3 is 24.8 Å². The summed E-state index contributed by atoms with van der Waals surface area (Å²) in [6.45, 7) is 2.74. The van der Waals surface area contributed by atoms with Crippen LogP contribution in [0.5, 0.6) is 5.88 Å². The van der Waals surface area contributed by atoms with Crippen molar-refractivity contribution in [3.8, 4) is 5.88 Å². The zero-order valence-electron chi connectivity index (χ0n) is 19.8. The van der Waals surface area contributed by atoms with Gasteiger partial charge in [0.25, 0.3) is 17.7 Å². The number of hydrogen-bond acceptors (Lipinski definition) is 7. The van der Waals surface area contributed by atoms with Crippen molar-refractivity contribution in [2.75, 3.05) is 32.8 Å². The fourth-order valence-corrected chi connectivity index (χ4v) is 7.65. The predicted octanol–water partition coefficient (Wildman–Crippen LogP) is 3.19. The number of benzene rings is 1. The fraction of sp³-hybridized carbons (Fsp3) is 0.577. The topological polar surface area (TPSA) is 96.7 Å². The van der Waals surface area contributed by atoms with Gasteiger partial charge in [0.2, 0.25) is 5.76 Å². The van der Waals surface area contributed by atoms with E-state index < -0.39 is 0 Å². The van der Waals surface area contributed by atoms with Crippen molar-refractivity contribution < 1.29 is 18.8 Å². The van der Waals surface area contributed by atoms with Crippen molar-refractivity contribution in [1.29, 1.82) is 0 Å². The van der Waals surface area contributed by atoms with E-state index in [9.17, 15) is 9.59 Å². The molecule has 1 aromatic carbocycles. The van der Waals surface area contributed by atoms with Crippen LogP contribution in [0.2, 0.25) is 0 Å². The summed E-state index contributed by atoms with van der Waals surface area (Å²) in [7, 11) is 0. The number of amides is 2. The van der Waals surface area contributed by atoms with E-state index in [1.165, 1.54) is 43.9 Å². The van der Waals surface area contributed by atoms with Crippen molar-refractivity contribution in [3.63, 3.8) is 0 Å². The molecule has 0 unspecified atom stereocenters. The van der Waals surface area contributed by atoms with Gasteiger partial charge in [-0.3, -0.25) is 9.59 Å². The zero-order valence-corrected chi connectivity index (χ0v) is 20.6. The van der Waals surface area contributed by atoms with Gasteiger partial charge in [-0.2, -0.15) is 0 Å². The summed E-state index contributed by atoms with van der Waals surface area (Å²) in [6.07, 6.45) is 6.27. The number of carbonyl (C=O) groups is 2. The molecule has 0 radical (unpaired) electrons. The number of hydrogen-bond donors (Lipinski definition) is 2. The summed E-state index contributed by atoms with van der Waals surface area (Å²) >= 11 is 1.38. The third kappa shape index (κ3) is 4.80. The van der Waals surface area contributed by atoms with Gasteiger partial charge in [0, 0.05) is 37.1 Å². The van der Waals surface area contributed by atoms with Crippen LogP contribution in [-0.4, -0.2) is 60.7 Å². The van der Waals surface area contributed by atoms with Gasteiger partial charge in [-0.25, -0.2) is 0 Å². The molecule has 0 atom stereocenters. The number of nitrogens with one attached hydrogen (secondary N) is 2. The van der Waals surface area contributed by atoms with Crippen LogP contribution in [0.4, 0.5) is 0 Å². The zero-order chi connectivity index (χ0) is 23.8. The molecule has 1 saturated heterocycles. The molecule has 7 rings (SSSR count). The molecule has 5 fully saturated rings. The van der Waals surface area contributed by atoms with E-state index in [4.69, 9.17) is 9.26 Å². The highest BCUT2D eigenvalue weighted by Gasteiger charge is 2.49. The molecule has 35 heavy (non-hydrogen) atoms. The summed E-state index contributed by atoms with van der Waals surface area (Å²) in [5.41, 5.74) is 0. The maximum atomic E-state index is 13.5. The molecular formula is C26H32N4O4S. The first-order valence-corrected chi connectivity index (χ1v) is 13.6. The second kappa shape index (κ2) is 9.85. The molecule has 4 aliphatic carbocycles. The molecule has 9 heteroatoms. The maximum absolute atomic E-state index is 13.5. The number of carbonyl (C=O) groups excluding carboxylic acids is 2. The molecule has 2 heterocycles. The lowest BCUT2D eigenvalue weighted by Gasteiger charge is -2.54. The Morgan fingerprint density at radius 3 is 2.43 bits per heavy atom. The minimum Gasteiger partial charge on any atom is -0.465 e. The second-order valence-corrected chi connectivity index (χ2v) is 11.5. The van der Waals surface area contributed by atoms with Gasteiger partial charge in [0.05, 0.1) is 0 Å². The molecule has 0 spiro atoms. The van der Waals surface area contributed by atoms with E-state index in [-0.39, 0.29) is 36.1 Å². The molecule has 186 valence electrons. The summed E-state index contributed by atoms with van der Waals surface area (Å²) in [6, 6.07) is 9.96. The van der Waals surface area contributed by atoms with Crippen LogP contribution in [0.25, 0.3) is 0 Å². The molecule has 8 nitrogen and oxygen atoms in total. The summed E-state index contributed by atoms with van der Waals surface area (Å²) in [4.78, 5) is 29.3. The van der Waals surface area contributed by atoms with E-state index in [1.54, 1.807) is 4.90 Å². The van der Waals surface area contributed by atoms with Gasteiger partial charge in [0.1, 0.15) is 4.90 Å². The number of aromatic nitrogens is 1. The minimum absolute atomic E-state index is 0.0928. The highest BCUT2D eigenvalue weighted by molar-refractivity contribution is 7.99. The van der Waals surface area contributed by atoms with Gasteiger partial charge in [-0.05, 0) is 73.1 Å². The molecule has 2 aromatic rings. The normalized spacial score (nSPS) is 29.3. The van der Waals surface area contributed by atoms with Crippen LogP contribution in [0.1, 0.15) is 42.7 Å². The average Bonchev–Trinajstić information content (AvgIpc) is 3.27. The van der Waals surface area contributed by atoms with E-state index in [0.717, 1.165) is 29.8 Å². The van der Waals surface area contributed by atoms with E-state index in [0.29, 0.717) is 29.8 Å². The van der Waals surface area contributed by atoms with Crippen LogP contribution in [0, 0.1) is 23.7 Å². The summed E-state index contributed by atoms with van der Waals surface area (Å²) in [5, 5.41) is 10.6. The van der Waals surface area contributed by atoms with Crippen LogP contribution in [0.3, 0.4) is 0 Å². The third-order valence-electron chi connectivity index (χ3n) is 8.12. The summed E-state index contributed by atoms with van der Waals surface area (Å²) < 4.78 is 11.4. The Hall–Kier alpha value is -2.52. The molecule has 1 aromatic heterocycles. The van der Waals surface area contributed by atoms with Gasteiger partial charge in [0.15, 0.2) is 6.61 Å². The molecule has 2 N–H and O–H groups in total. The highest BCUT2D eigenvalue weighted by Crippen LogP contribution is 2.53. The molecular weight excluding hydrogens is 464 g/mol. The van der Waals surface area contributed by atoms with Crippen LogP contribution >= 0.6 is 11.8 Å². The van der Waals surface area contributed by atoms with Crippen molar-refractivity contribution in [2.45, 2.75) is 47.9 Å². The average molecular weight is 497 g/mol. The fourth-order valence-electron chi connectivity index (χ4n) is 6.71. The van der Waals surface area contributed by atoms with E-state index >= 15 is 0 Å². The first kappa shape index (κ1) is 22.9. The maximum Gasteiger partial charge on any atom is 0.291 e. The van der Waals surface area contributed by atoms with Crippen molar-refractivity contribution >= 4 is 23.6 Å². The molecule has 4 bridgehead atoms. The predicted molar refractivity (Wildman–Crippen MR) is 130 cm³/mol. The Morgan fingerprint density at radius 2 is 1.74 bits per heavy atom. The molecule has 4 saturated carbocycles. The Labute approximate surface area is 209 Å². The number of nitrogens with zero attached hydrogens (tertiary/aromatic N) is 2. The molecule has 1 aliphatic heterocycles. The first-order chi connectivity index (χ1) is 17.1. The van der Waals surface area contributed by atoms with Gasteiger partial charge in [-0.15, -0.1) is 0 Å². The number of piperazine rings is 1. The number of rotatable bonds is 7. The van der Waals surface area contributed by atoms with Crippen LogP contribution in [0.15, 0.2) is 44.6 Å².